The van der Waals surface area contributed by atoms with Crippen molar-refractivity contribution in [3.63, 3.8) is 0 Å². The van der Waals surface area contributed by atoms with Crippen LogP contribution >= 0.6 is 22.9 Å². The molecule has 1 fully saturated rings. The Balaban J connectivity index is 1.79. The quantitative estimate of drug-likeness (QED) is 0.890. The van der Waals surface area contributed by atoms with E-state index >= 15 is 0 Å². The molecule has 128 valence electrons. The van der Waals surface area contributed by atoms with Crippen LogP contribution in [-0.2, 0) is 0 Å². The second-order valence-corrected chi connectivity index (χ2v) is 7.42. The maximum atomic E-state index is 13.5. The van der Waals surface area contributed by atoms with Gasteiger partial charge in [-0.25, -0.2) is 0 Å². The van der Waals surface area contributed by atoms with E-state index in [2.05, 4.69) is 15.0 Å². The molecule has 0 amide bonds. The smallest absolute Gasteiger partial charge is 0.395 e. The van der Waals surface area contributed by atoms with E-state index in [1.165, 1.54) is 17.4 Å². The molecule has 0 radical (unpaired) electrons. The van der Waals surface area contributed by atoms with Gasteiger partial charge in [0.25, 0.3) is 0 Å². The van der Waals surface area contributed by atoms with Gasteiger partial charge in [0.15, 0.2) is 11.5 Å². The summed E-state index contributed by atoms with van der Waals surface area (Å²) in [7, 11) is 0. The Bertz CT molecular complexity index is 749. The van der Waals surface area contributed by atoms with E-state index in [4.69, 9.17) is 16.3 Å². The predicted molar refractivity (Wildman–Crippen MR) is 88.3 cm³/mol. The van der Waals surface area contributed by atoms with Gasteiger partial charge in [-0.1, -0.05) is 23.7 Å². The van der Waals surface area contributed by atoms with Crippen molar-refractivity contribution in [1.29, 1.82) is 0 Å². The molecule has 4 rings (SSSR count). The number of thiophene rings is 1. The third kappa shape index (κ3) is 2.97. The van der Waals surface area contributed by atoms with Crippen molar-refractivity contribution in [2.75, 3.05) is 26.2 Å². The number of fused-ring (bicyclic) bond motifs is 1. The molecule has 3 heterocycles. The number of nitrogens with zero attached hydrogens (tertiary/aromatic N) is 1. The summed E-state index contributed by atoms with van der Waals surface area (Å²) in [5.74, 6) is 0.177. The van der Waals surface area contributed by atoms with Crippen molar-refractivity contribution in [2.24, 2.45) is 0 Å². The van der Waals surface area contributed by atoms with Crippen molar-refractivity contribution in [3.05, 3.63) is 45.1 Å². The van der Waals surface area contributed by atoms with E-state index in [0.29, 0.717) is 9.90 Å². The van der Waals surface area contributed by atoms with Gasteiger partial charge in [-0.2, -0.15) is 0 Å². The average molecular weight is 373 g/mol. The highest BCUT2D eigenvalue weighted by molar-refractivity contribution is 7.16. The summed E-state index contributed by atoms with van der Waals surface area (Å²) < 4.78 is 37.2. The Hall–Kier alpha value is -1.41. The number of halogens is 3. The van der Waals surface area contributed by atoms with Crippen LogP contribution in [0, 0.1) is 0 Å². The highest BCUT2D eigenvalue weighted by Crippen LogP contribution is 2.48. The molecule has 2 aliphatic heterocycles. The zero-order valence-corrected chi connectivity index (χ0v) is 14.2. The highest BCUT2D eigenvalue weighted by Gasteiger charge is 2.45. The van der Waals surface area contributed by atoms with Crippen LogP contribution in [0.3, 0.4) is 0 Å². The molecule has 1 aromatic heterocycles. The maximum absolute atomic E-state index is 13.5. The van der Waals surface area contributed by atoms with Gasteiger partial charge < -0.3 is 14.8 Å². The fraction of sp³-hybridized carbons (Fsp3) is 0.375. The van der Waals surface area contributed by atoms with Crippen LogP contribution in [0.25, 0.3) is 0 Å². The van der Waals surface area contributed by atoms with Gasteiger partial charge in [0.05, 0.1) is 10.4 Å². The molecular weight excluding hydrogens is 358 g/mol. The van der Waals surface area contributed by atoms with Gasteiger partial charge in [0.1, 0.15) is 0 Å². The molecule has 1 saturated heterocycles. The van der Waals surface area contributed by atoms with E-state index in [1.54, 1.807) is 6.07 Å². The first kappa shape index (κ1) is 16.1. The Kier molecular flexibility index (Phi) is 4.12. The number of nitrogens with one attached hydrogen (secondary N) is 1. The second-order valence-electron chi connectivity index (χ2n) is 5.67. The summed E-state index contributed by atoms with van der Waals surface area (Å²) in [4.78, 5) is 3.24. The third-order valence-electron chi connectivity index (χ3n) is 4.13. The van der Waals surface area contributed by atoms with Crippen LogP contribution in [0.2, 0.25) is 4.34 Å². The number of rotatable bonds is 3. The van der Waals surface area contributed by atoms with Crippen LogP contribution in [0.15, 0.2) is 30.3 Å². The van der Waals surface area contributed by atoms with Crippen LogP contribution in [0.5, 0.6) is 11.5 Å². The molecule has 2 aliphatic rings. The molecule has 0 bridgehead atoms. The third-order valence-corrected chi connectivity index (χ3v) is 5.42. The zero-order valence-electron chi connectivity index (χ0n) is 12.6. The molecule has 0 spiro atoms. The lowest BCUT2D eigenvalue weighted by atomic mass is 10.0. The van der Waals surface area contributed by atoms with Crippen molar-refractivity contribution >= 4 is 22.9 Å². The Labute approximate surface area is 146 Å². The van der Waals surface area contributed by atoms with Gasteiger partial charge in [-0.15, -0.1) is 20.1 Å². The summed E-state index contributed by atoms with van der Waals surface area (Å²) in [5, 5.41) is 3.30. The monoisotopic (exact) mass is 372 g/mol. The topological polar surface area (TPSA) is 33.7 Å². The molecule has 8 heteroatoms. The minimum absolute atomic E-state index is 0.0697. The lowest BCUT2D eigenvalue weighted by Gasteiger charge is -2.35. The van der Waals surface area contributed by atoms with Gasteiger partial charge in [0, 0.05) is 36.6 Å². The summed E-state index contributed by atoms with van der Waals surface area (Å²) in [6.07, 6.45) is -3.63. The number of benzene rings is 1. The molecule has 1 atom stereocenters. The molecule has 0 saturated carbocycles. The largest absolute Gasteiger partial charge is 0.586 e. The minimum Gasteiger partial charge on any atom is -0.395 e. The summed E-state index contributed by atoms with van der Waals surface area (Å²) in [6.45, 7) is 3.30. The SMILES string of the molecule is FC1(F)Oc2cccc([C@H](c3ccc(Cl)s3)N3CCNCC3)c2O1. The summed E-state index contributed by atoms with van der Waals surface area (Å²) in [5.41, 5.74) is 0.671. The van der Waals surface area contributed by atoms with Crippen molar-refractivity contribution < 1.29 is 18.3 Å². The number of hydrogen-bond donors (Lipinski definition) is 1. The predicted octanol–water partition coefficient (Wildman–Crippen LogP) is 3.72. The van der Waals surface area contributed by atoms with E-state index in [0.717, 1.165) is 31.1 Å². The van der Waals surface area contributed by atoms with Crippen LogP contribution in [0.1, 0.15) is 16.5 Å². The van der Waals surface area contributed by atoms with Gasteiger partial charge in [0.2, 0.25) is 0 Å². The molecule has 0 unspecified atom stereocenters. The minimum atomic E-state index is -3.63. The first-order valence-corrected chi connectivity index (χ1v) is 8.82. The highest BCUT2D eigenvalue weighted by atomic mass is 35.5. The molecule has 0 aliphatic carbocycles. The standard InChI is InChI=1S/C16H15ClF2N2O2S/c17-13-5-4-12(24-13)14(21-8-6-20-7-9-21)10-2-1-3-11-15(10)23-16(18,19)22-11/h1-5,14,20H,6-9H2/t14-/m1/s1. The van der Waals surface area contributed by atoms with Crippen molar-refractivity contribution in [1.82, 2.24) is 10.2 Å². The van der Waals surface area contributed by atoms with E-state index in [-0.39, 0.29) is 17.5 Å². The molecule has 4 nitrogen and oxygen atoms in total. The van der Waals surface area contributed by atoms with E-state index in [1.807, 2.05) is 18.2 Å². The number of piperazine rings is 1. The first-order chi connectivity index (χ1) is 11.5. The number of alkyl halides is 2. The number of ether oxygens (including phenoxy) is 2. The normalized spacial score (nSPS) is 21.0. The molecular formula is C16H15ClF2N2O2S. The van der Waals surface area contributed by atoms with Gasteiger partial charge in [-0.3, -0.25) is 4.90 Å². The number of para-hydroxylation sites is 1. The molecule has 24 heavy (non-hydrogen) atoms. The van der Waals surface area contributed by atoms with E-state index in [9.17, 15) is 8.78 Å². The second kappa shape index (κ2) is 6.15. The number of hydrogen-bond acceptors (Lipinski definition) is 5. The zero-order chi connectivity index (χ0) is 16.7. The molecule has 1 N–H and O–H groups in total. The van der Waals surface area contributed by atoms with Gasteiger partial charge in [-0.05, 0) is 18.2 Å². The molecule has 2 aromatic rings. The first-order valence-electron chi connectivity index (χ1n) is 7.62. The summed E-state index contributed by atoms with van der Waals surface area (Å²) in [6, 6.07) is 8.58. The summed E-state index contributed by atoms with van der Waals surface area (Å²) >= 11 is 7.55. The lowest BCUT2D eigenvalue weighted by molar-refractivity contribution is -0.287. The lowest BCUT2D eigenvalue weighted by Crippen LogP contribution is -2.45. The van der Waals surface area contributed by atoms with Crippen LogP contribution in [-0.4, -0.2) is 37.4 Å². The average Bonchev–Trinajstić information content (AvgIpc) is 3.11. The Morgan fingerprint density at radius 2 is 1.96 bits per heavy atom. The van der Waals surface area contributed by atoms with Crippen LogP contribution < -0.4 is 14.8 Å². The Morgan fingerprint density at radius 1 is 1.17 bits per heavy atom. The maximum Gasteiger partial charge on any atom is 0.586 e. The van der Waals surface area contributed by atoms with Crippen molar-refractivity contribution in [3.8, 4) is 11.5 Å². The fourth-order valence-electron chi connectivity index (χ4n) is 3.15. The van der Waals surface area contributed by atoms with Gasteiger partial charge >= 0.3 is 6.29 Å². The molecule has 1 aromatic carbocycles. The fourth-order valence-corrected chi connectivity index (χ4v) is 4.37. The van der Waals surface area contributed by atoms with E-state index < -0.39 is 6.29 Å². The van der Waals surface area contributed by atoms with Crippen LogP contribution in [0.4, 0.5) is 8.78 Å². The van der Waals surface area contributed by atoms with Crippen molar-refractivity contribution in [2.45, 2.75) is 12.3 Å². The Morgan fingerprint density at radius 3 is 2.67 bits per heavy atom.